The van der Waals surface area contributed by atoms with Crippen molar-refractivity contribution in [3.05, 3.63) is 88.8 Å². The van der Waals surface area contributed by atoms with Crippen LogP contribution in [0.1, 0.15) is 15.9 Å². The molecule has 0 spiro atoms. The topological polar surface area (TPSA) is 104 Å². The number of carbonyl (C=O) groups excluding carboxylic acids is 3. The van der Waals surface area contributed by atoms with Crippen LogP contribution in [0, 0.1) is 5.82 Å². The minimum absolute atomic E-state index is 0.000808. The SMILES string of the molecule is O=C(NCCN1C(=O)S/C(=C\c2ccccc2F)C1=O)c1cccc(Nc2ncccn2)c1. The molecule has 0 unspecified atom stereocenters. The number of nitrogens with zero attached hydrogens (tertiary/aromatic N) is 3. The molecule has 2 N–H and O–H groups in total. The fourth-order valence-electron chi connectivity index (χ4n) is 3.04. The summed E-state index contributed by atoms with van der Waals surface area (Å²) in [5, 5.41) is 5.24. The molecule has 166 valence electrons. The Labute approximate surface area is 192 Å². The summed E-state index contributed by atoms with van der Waals surface area (Å²) < 4.78 is 13.8. The highest BCUT2D eigenvalue weighted by Crippen LogP contribution is 2.32. The van der Waals surface area contributed by atoms with Gasteiger partial charge in [-0.3, -0.25) is 19.3 Å². The molecule has 3 amide bonds. The fraction of sp³-hybridized carbons (Fsp3) is 0.0870. The van der Waals surface area contributed by atoms with Crippen molar-refractivity contribution in [2.45, 2.75) is 0 Å². The van der Waals surface area contributed by atoms with E-state index in [0.29, 0.717) is 17.2 Å². The summed E-state index contributed by atoms with van der Waals surface area (Å²) in [5.74, 6) is -0.956. The van der Waals surface area contributed by atoms with Crippen LogP contribution in [0.15, 0.2) is 71.9 Å². The lowest BCUT2D eigenvalue weighted by molar-refractivity contribution is -0.122. The van der Waals surface area contributed by atoms with E-state index in [0.717, 1.165) is 16.7 Å². The highest BCUT2D eigenvalue weighted by molar-refractivity contribution is 8.18. The molecule has 33 heavy (non-hydrogen) atoms. The standard InChI is InChI=1S/C23H18FN5O3S/c24-18-8-2-1-5-15(18)14-19-21(31)29(23(32)33-19)12-11-25-20(30)16-6-3-7-17(13-16)28-22-26-9-4-10-27-22/h1-10,13-14H,11-12H2,(H,25,30)(H,26,27,28)/b19-14-. The summed E-state index contributed by atoms with van der Waals surface area (Å²) in [7, 11) is 0. The van der Waals surface area contributed by atoms with E-state index in [-0.39, 0.29) is 29.5 Å². The molecule has 0 bridgehead atoms. The van der Waals surface area contributed by atoms with E-state index in [1.54, 1.807) is 54.9 Å². The summed E-state index contributed by atoms with van der Waals surface area (Å²) in [6.45, 7) is 0.0735. The average molecular weight is 463 g/mol. The van der Waals surface area contributed by atoms with Gasteiger partial charge in [-0.2, -0.15) is 0 Å². The van der Waals surface area contributed by atoms with Gasteiger partial charge in [0.05, 0.1) is 4.91 Å². The third kappa shape index (κ3) is 5.42. The highest BCUT2D eigenvalue weighted by Gasteiger charge is 2.34. The maximum absolute atomic E-state index is 13.8. The maximum Gasteiger partial charge on any atom is 0.293 e. The lowest BCUT2D eigenvalue weighted by atomic mass is 10.2. The van der Waals surface area contributed by atoms with E-state index in [9.17, 15) is 18.8 Å². The lowest BCUT2D eigenvalue weighted by Crippen LogP contribution is -2.37. The van der Waals surface area contributed by atoms with Gasteiger partial charge < -0.3 is 10.6 Å². The van der Waals surface area contributed by atoms with Crippen molar-refractivity contribution < 1.29 is 18.8 Å². The minimum atomic E-state index is -0.517. The van der Waals surface area contributed by atoms with Crippen LogP contribution in [0.2, 0.25) is 0 Å². The molecule has 0 saturated carbocycles. The van der Waals surface area contributed by atoms with Crippen molar-refractivity contribution in [2.75, 3.05) is 18.4 Å². The third-order valence-electron chi connectivity index (χ3n) is 4.63. The van der Waals surface area contributed by atoms with Crippen LogP contribution in [0.25, 0.3) is 6.08 Å². The number of imide groups is 1. The zero-order chi connectivity index (χ0) is 23.2. The number of amides is 3. The first-order valence-corrected chi connectivity index (χ1v) is 10.7. The summed E-state index contributed by atoms with van der Waals surface area (Å²) in [6.07, 6.45) is 4.55. The molecule has 1 aliphatic heterocycles. The second kappa shape index (κ2) is 10.0. The minimum Gasteiger partial charge on any atom is -0.350 e. The fourth-order valence-corrected chi connectivity index (χ4v) is 3.90. The molecule has 0 radical (unpaired) electrons. The Balaban J connectivity index is 1.34. The molecule has 1 saturated heterocycles. The van der Waals surface area contributed by atoms with Gasteiger partial charge in [0.2, 0.25) is 5.95 Å². The number of hydrogen-bond acceptors (Lipinski definition) is 7. The smallest absolute Gasteiger partial charge is 0.293 e. The van der Waals surface area contributed by atoms with Crippen LogP contribution in [0.3, 0.4) is 0 Å². The van der Waals surface area contributed by atoms with Crippen LogP contribution in [-0.4, -0.2) is 45.0 Å². The molecule has 1 aromatic heterocycles. The van der Waals surface area contributed by atoms with Gasteiger partial charge in [-0.25, -0.2) is 14.4 Å². The first-order chi connectivity index (χ1) is 16.0. The molecule has 2 aromatic carbocycles. The molecule has 8 nitrogen and oxygen atoms in total. The number of halogens is 1. The van der Waals surface area contributed by atoms with Crippen LogP contribution < -0.4 is 10.6 Å². The van der Waals surface area contributed by atoms with E-state index >= 15 is 0 Å². The van der Waals surface area contributed by atoms with Gasteiger partial charge in [-0.05, 0) is 48.2 Å². The number of nitrogens with one attached hydrogen (secondary N) is 2. The van der Waals surface area contributed by atoms with Gasteiger partial charge in [0.15, 0.2) is 0 Å². The van der Waals surface area contributed by atoms with Gasteiger partial charge in [-0.15, -0.1) is 0 Å². The Kier molecular flexibility index (Phi) is 6.75. The van der Waals surface area contributed by atoms with Crippen LogP contribution in [0.5, 0.6) is 0 Å². The second-order valence-corrected chi connectivity index (χ2v) is 7.88. The van der Waals surface area contributed by atoms with Gasteiger partial charge in [0.25, 0.3) is 17.1 Å². The van der Waals surface area contributed by atoms with Gasteiger partial charge in [0, 0.05) is 42.3 Å². The van der Waals surface area contributed by atoms with E-state index in [2.05, 4.69) is 20.6 Å². The quantitative estimate of drug-likeness (QED) is 0.513. The van der Waals surface area contributed by atoms with Gasteiger partial charge >= 0.3 is 0 Å². The molecule has 0 atom stereocenters. The summed E-state index contributed by atoms with van der Waals surface area (Å²) in [6, 6.07) is 14.5. The number of thioether (sulfide) groups is 1. The molecular weight excluding hydrogens is 445 g/mol. The van der Waals surface area contributed by atoms with E-state index in [1.807, 2.05) is 0 Å². The number of benzene rings is 2. The summed E-state index contributed by atoms with van der Waals surface area (Å²) in [4.78, 5) is 46.6. The van der Waals surface area contributed by atoms with Crippen LogP contribution in [0.4, 0.5) is 20.8 Å². The Morgan fingerprint density at radius 3 is 2.64 bits per heavy atom. The predicted molar refractivity (Wildman–Crippen MR) is 123 cm³/mol. The molecule has 1 fully saturated rings. The molecule has 10 heteroatoms. The first-order valence-electron chi connectivity index (χ1n) is 9.93. The highest BCUT2D eigenvalue weighted by atomic mass is 32.2. The zero-order valence-electron chi connectivity index (χ0n) is 17.2. The monoisotopic (exact) mass is 463 g/mol. The number of rotatable bonds is 7. The zero-order valence-corrected chi connectivity index (χ0v) is 18.0. The Morgan fingerprint density at radius 1 is 1.06 bits per heavy atom. The molecule has 3 aromatic rings. The van der Waals surface area contributed by atoms with Gasteiger partial charge in [-0.1, -0.05) is 24.3 Å². The van der Waals surface area contributed by atoms with E-state index in [1.165, 1.54) is 18.2 Å². The molecule has 1 aliphatic rings. The van der Waals surface area contributed by atoms with Gasteiger partial charge in [0.1, 0.15) is 5.82 Å². The van der Waals surface area contributed by atoms with E-state index < -0.39 is 17.0 Å². The normalized spacial score (nSPS) is 14.6. The number of hydrogen-bond donors (Lipinski definition) is 2. The average Bonchev–Trinajstić information content (AvgIpc) is 3.08. The third-order valence-corrected chi connectivity index (χ3v) is 5.54. The number of carbonyl (C=O) groups is 3. The predicted octanol–water partition coefficient (Wildman–Crippen LogP) is 3.83. The van der Waals surface area contributed by atoms with Crippen molar-refractivity contribution in [3.8, 4) is 0 Å². The van der Waals surface area contributed by atoms with Crippen molar-refractivity contribution >= 4 is 46.5 Å². The Hall–Kier alpha value is -4.05. The largest absolute Gasteiger partial charge is 0.350 e. The lowest BCUT2D eigenvalue weighted by Gasteiger charge is -2.13. The molecule has 2 heterocycles. The van der Waals surface area contributed by atoms with Crippen LogP contribution in [-0.2, 0) is 4.79 Å². The van der Waals surface area contributed by atoms with E-state index in [4.69, 9.17) is 0 Å². The van der Waals surface area contributed by atoms with Crippen molar-refractivity contribution in [1.82, 2.24) is 20.2 Å². The van der Waals surface area contributed by atoms with Crippen molar-refractivity contribution in [1.29, 1.82) is 0 Å². The number of anilines is 2. The summed E-state index contributed by atoms with van der Waals surface area (Å²) >= 11 is 0.742. The first kappa shape index (κ1) is 22.2. The Morgan fingerprint density at radius 2 is 1.85 bits per heavy atom. The molecular formula is C23H18FN5O3S. The summed E-state index contributed by atoms with van der Waals surface area (Å²) in [5.41, 5.74) is 1.26. The maximum atomic E-state index is 13.8. The molecule has 0 aliphatic carbocycles. The molecule has 4 rings (SSSR count). The van der Waals surface area contributed by atoms with Crippen LogP contribution >= 0.6 is 11.8 Å². The second-order valence-electron chi connectivity index (χ2n) is 6.89. The van der Waals surface area contributed by atoms with Crippen molar-refractivity contribution in [3.63, 3.8) is 0 Å². The van der Waals surface area contributed by atoms with Crippen molar-refractivity contribution in [2.24, 2.45) is 0 Å². The Bertz CT molecular complexity index is 1240. The number of aromatic nitrogens is 2.